The zero-order valence-electron chi connectivity index (χ0n) is 16.5. The molecule has 0 aliphatic carbocycles. The first-order valence-electron chi connectivity index (χ1n) is 9.50. The van der Waals surface area contributed by atoms with Crippen LogP contribution in [-0.2, 0) is 10.4 Å². The van der Waals surface area contributed by atoms with Crippen LogP contribution < -0.4 is 5.32 Å². The zero-order chi connectivity index (χ0) is 23.3. The Balaban J connectivity index is 1.59. The highest BCUT2D eigenvalue weighted by molar-refractivity contribution is 8.01. The Kier molecular flexibility index (Phi) is 6.13. The van der Waals surface area contributed by atoms with Crippen LogP contribution in [0.2, 0.25) is 10.0 Å². The molecule has 4 rings (SSSR count). The monoisotopic (exact) mass is 504 g/mol. The lowest BCUT2D eigenvalue weighted by molar-refractivity contribution is -0.275. The van der Waals surface area contributed by atoms with Gasteiger partial charge in [0.1, 0.15) is 5.44 Å². The number of hydrogen-bond acceptors (Lipinski definition) is 5. The van der Waals surface area contributed by atoms with E-state index in [-0.39, 0.29) is 33.3 Å². The van der Waals surface area contributed by atoms with Crippen molar-refractivity contribution in [3.63, 3.8) is 0 Å². The first-order chi connectivity index (χ1) is 15.0. The fraction of sp³-hybridized carbons (Fsp3) is 0.333. The number of aryl methyl sites for hydroxylation is 1. The normalized spacial score (nSPS) is 25.0. The maximum Gasteiger partial charge on any atom is 0.435 e. The van der Waals surface area contributed by atoms with Crippen LogP contribution >= 0.6 is 35.0 Å². The van der Waals surface area contributed by atoms with Crippen molar-refractivity contribution in [3.05, 3.63) is 68.7 Å². The molecule has 11 heteroatoms. The van der Waals surface area contributed by atoms with Gasteiger partial charge in [0.05, 0.1) is 11.8 Å². The van der Waals surface area contributed by atoms with E-state index >= 15 is 0 Å². The first-order valence-corrected chi connectivity index (χ1v) is 11.3. The van der Waals surface area contributed by atoms with E-state index in [0.29, 0.717) is 22.4 Å². The molecule has 0 bridgehead atoms. The molecule has 0 saturated carbocycles. The molecule has 2 N–H and O–H groups in total. The summed E-state index contributed by atoms with van der Waals surface area (Å²) in [5, 5.41) is 16.2. The molecule has 2 heterocycles. The van der Waals surface area contributed by atoms with E-state index in [2.05, 4.69) is 10.5 Å². The van der Waals surface area contributed by atoms with Gasteiger partial charge in [-0.15, -0.1) is 11.8 Å². The fourth-order valence-electron chi connectivity index (χ4n) is 3.58. The zero-order valence-corrected chi connectivity index (χ0v) is 18.9. The first kappa shape index (κ1) is 23.2. The summed E-state index contributed by atoms with van der Waals surface area (Å²) in [5.74, 6) is 0.256. The number of aliphatic hydroxyl groups excluding tert-OH is 1. The largest absolute Gasteiger partial charge is 0.435 e. The van der Waals surface area contributed by atoms with Crippen LogP contribution in [0.25, 0.3) is 0 Å². The number of carbonyl (C=O) groups is 1. The van der Waals surface area contributed by atoms with E-state index in [1.165, 1.54) is 30.0 Å². The van der Waals surface area contributed by atoms with Gasteiger partial charge in [-0.1, -0.05) is 34.4 Å². The van der Waals surface area contributed by atoms with Crippen LogP contribution in [0.1, 0.15) is 33.5 Å². The third-order valence-electron chi connectivity index (χ3n) is 5.43. The summed E-state index contributed by atoms with van der Waals surface area (Å²) < 4.78 is 42.4. The van der Waals surface area contributed by atoms with Crippen LogP contribution in [-0.4, -0.2) is 40.1 Å². The molecule has 2 aliphatic rings. The van der Waals surface area contributed by atoms with E-state index in [1.807, 2.05) is 0 Å². The van der Waals surface area contributed by atoms with Crippen LogP contribution in [0.5, 0.6) is 0 Å². The van der Waals surface area contributed by atoms with Crippen LogP contribution in [0.4, 0.5) is 13.2 Å². The minimum atomic E-state index is -4.79. The number of thioether (sulfide) groups is 1. The Morgan fingerprint density at radius 1 is 1.25 bits per heavy atom. The molecule has 0 spiro atoms. The number of oxime groups is 1. The number of halogens is 5. The molecule has 1 unspecified atom stereocenters. The fourth-order valence-corrected chi connectivity index (χ4v) is 4.82. The second-order valence-corrected chi connectivity index (χ2v) is 9.65. The molecule has 3 atom stereocenters. The van der Waals surface area contributed by atoms with E-state index in [9.17, 15) is 23.1 Å². The molecule has 2 aromatic rings. The molecule has 2 aromatic carbocycles. The summed E-state index contributed by atoms with van der Waals surface area (Å²) in [5.41, 5.74) is -2.21. The Hall–Kier alpha value is -1.94. The molecule has 170 valence electrons. The minimum Gasteiger partial charge on any atom is -0.380 e. The molecular formula is C21H17Cl2F3N2O3S. The van der Waals surface area contributed by atoms with Gasteiger partial charge >= 0.3 is 6.18 Å². The van der Waals surface area contributed by atoms with Crippen LogP contribution in [0.15, 0.2) is 41.6 Å². The molecule has 0 aromatic heterocycles. The lowest BCUT2D eigenvalue weighted by Crippen LogP contribution is -2.50. The standard InChI is InChI=1S/C21H17Cl2F3N2O3S/c1-10-4-11(2-3-15(10)18(29)27-17-9-32-19(17)30)16-8-20(31-28-16,21(24,25)26)12-5-13(22)7-14(23)6-12/h2-7,17,19,30H,8-9H2,1H3,(H,27,29)/t17-,19+,20?/m1/s1. The van der Waals surface area contributed by atoms with E-state index < -0.39 is 23.6 Å². The van der Waals surface area contributed by atoms with Crippen molar-refractivity contribution in [1.29, 1.82) is 0 Å². The summed E-state index contributed by atoms with van der Waals surface area (Å²) >= 11 is 13.2. The number of alkyl halides is 3. The Morgan fingerprint density at radius 3 is 2.47 bits per heavy atom. The molecule has 32 heavy (non-hydrogen) atoms. The van der Waals surface area contributed by atoms with Gasteiger partial charge in [-0.25, -0.2) is 0 Å². The van der Waals surface area contributed by atoms with Crippen molar-refractivity contribution < 1.29 is 27.9 Å². The second-order valence-electron chi connectivity index (χ2n) is 7.62. The highest BCUT2D eigenvalue weighted by atomic mass is 35.5. The van der Waals surface area contributed by atoms with Gasteiger partial charge in [0.15, 0.2) is 0 Å². The summed E-state index contributed by atoms with van der Waals surface area (Å²) in [6, 6.07) is 7.95. The summed E-state index contributed by atoms with van der Waals surface area (Å²) in [6.07, 6.45) is -5.37. The van der Waals surface area contributed by atoms with E-state index in [1.54, 1.807) is 13.0 Å². The van der Waals surface area contributed by atoms with Crippen LogP contribution in [0, 0.1) is 6.92 Å². The molecular weight excluding hydrogens is 488 g/mol. The van der Waals surface area contributed by atoms with Gasteiger partial charge < -0.3 is 15.3 Å². The molecule has 1 fully saturated rings. The number of carbonyl (C=O) groups excluding carboxylic acids is 1. The molecule has 2 aliphatic heterocycles. The van der Waals surface area contributed by atoms with Gasteiger partial charge in [-0.05, 0) is 48.4 Å². The maximum atomic E-state index is 14.1. The summed E-state index contributed by atoms with van der Waals surface area (Å²) in [6.45, 7) is 1.68. The lowest BCUT2D eigenvalue weighted by Gasteiger charge is -2.32. The van der Waals surface area contributed by atoms with E-state index in [0.717, 1.165) is 12.1 Å². The number of hydrogen-bond donors (Lipinski definition) is 2. The average molecular weight is 505 g/mol. The summed E-state index contributed by atoms with van der Waals surface area (Å²) in [7, 11) is 0. The van der Waals surface area contributed by atoms with E-state index in [4.69, 9.17) is 28.0 Å². The van der Waals surface area contributed by atoms with Crippen molar-refractivity contribution in [3.8, 4) is 0 Å². The van der Waals surface area contributed by atoms with Gasteiger partial charge in [-0.2, -0.15) is 13.2 Å². The number of nitrogens with one attached hydrogen (secondary N) is 1. The average Bonchev–Trinajstić information content (AvgIpc) is 3.17. The number of benzene rings is 2. The Bertz CT molecular complexity index is 1090. The molecule has 1 saturated heterocycles. The Labute approximate surface area is 195 Å². The van der Waals surface area contributed by atoms with Crippen molar-refractivity contribution >= 4 is 46.6 Å². The number of aliphatic hydroxyl groups is 1. The maximum absolute atomic E-state index is 14.1. The second kappa shape index (κ2) is 8.44. The summed E-state index contributed by atoms with van der Waals surface area (Å²) in [4.78, 5) is 17.5. The molecule has 0 radical (unpaired) electrons. The SMILES string of the molecule is Cc1cc(C2=NOC(c3cc(Cl)cc(Cl)c3)(C(F)(F)F)C2)ccc1C(=O)N[C@@H]1CS[C@@H]1O. The quantitative estimate of drug-likeness (QED) is 0.611. The Morgan fingerprint density at radius 2 is 1.94 bits per heavy atom. The van der Waals surface area contributed by atoms with Gasteiger partial charge in [0.2, 0.25) is 0 Å². The topological polar surface area (TPSA) is 70.9 Å². The third kappa shape index (κ3) is 4.19. The van der Waals surface area contributed by atoms with Gasteiger partial charge in [0, 0.05) is 33.3 Å². The number of rotatable bonds is 4. The highest BCUT2D eigenvalue weighted by Crippen LogP contribution is 2.49. The predicted molar refractivity (Wildman–Crippen MR) is 117 cm³/mol. The minimum absolute atomic E-state index is 0.0503. The molecule has 5 nitrogen and oxygen atoms in total. The van der Waals surface area contributed by atoms with Gasteiger partial charge in [-0.3, -0.25) is 4.79 Å². The third-order valence-corrected chi connectivity index (χ3v) is 7.08. The number of amides is 1. The van der Waals surface area contributed by atoms with Crippen molar-refractivity contribution in [1.82, 2.24) is 5.32 Å². The predicted octanol–water partition coefficient (Wildman–Crippen LogP) is 5.05. The lowest BCUT2D eigenvalue weighted by atomic mass is 9.86. The van der Waals surface area contributed by atoms with Crippen molar-refractivity contribution in [2.24, 2.45) is 5.16 Å². The molecule has 1 amide bonds. The highest BCUT2D eigenvalue weighted by Gasteiger charge is 2.62. The van der Waals surface area contributed by atoms with Crippen molar-refractivity contribution in [2.45, 2.75) is 36.6 Å². The number of nitrogens with zero attached hydrogens (tertiary/aromatic N) is 1. The van der Waals surface area contributed by atoms with Crippen LogP contribution in [0.3, 0.4) is 0 Å². The smallest absolute Gasteiger partial charge is 0.380 e. The van der Waals surface area contributed by atoms with Crippen molar-refractivity contribution in [2.75, 3.05) is 5.75 Å². The van der Waals surface area contributed by atoms with Gasteiger partial charge in [0.25, 0.3) is 11.5 Å².